The van der Waals surface area contributed by atoms with Gasteiger partial charge in [0.1, 0.15) is 10.6 Å². The molecule has 0 spiro atoms. The Morgan fingerprint density at radius 1 is 1.33 bits per heavy atom. The van der Waals surface area contributed by atoms with Crippen LogP contribution < -0.4 is 4.74 Å². The first kappa shape index (κ1) is 16.1. The predicted molar refractivity (Wildman–Crippen MR) is 67.1 cm³/mol. The number of β-amino-alcohol motifs (C(OH)–C–C–N with tert-alkyl or cyclic N) is 1. The molecule has 0 amide bonds. The Morgan fingerprint density at radius 3 is 2.43 bits per heavy atom. The Hall–Kier alpha value is -1.32. The molecule has 2 rings (SSSR count). The van der Waals surface area contributed by atoms with Gasteiger partial charge in [-0.3, -0.25) is 0 Å². The zero-order chi connectivity index (χ0) is 15.9. The van der Waals surface area contributed by atoms with E-state index in [2.05, 4.69) is 4.74 Å². The molecule has 1 aromatic carbocycles. The Labute approximate surface area is 120 Å². The molecule has 0 saturated carbocycles. The average Bonchev–Trinajstić information content (AvgIpc) is 2.33. The van der Waals surface area contributed by atoms with E-state index in [1.165, 1.54) is 12.1 Å². The average molecular weight is 325 g/mol. The van der Waals surface area contributed by atoms with Gasteiger partial charge in [0, 0.05) is 13.1 Å². The summed E-state index contributed by atoms with van der Waals surface area (Å²) >= 11 is 0. The minimum absolute atomic E-state index is 0.147. The molecule has 9 heteroatoms. The van der Waals surface area contributed by atoms with Crippen molar-refractivity contribution in [1.82, 2.24) is 4.31 Å². The lowest BCUT2D eigenvalue weighted by molar-refractivity contribution is -0.275. The molecular formula is C12H14F3NO4S. The van der Waals surface area contributed by atoms with Crippen molar-refractivity contribution in [2.24, 2.45) is 0 Å². The Bertz CT molecular complexity index is 624. The lowest BCUT2D eigenvalue weighted by Gasteiger charge is -2.44. The monoisotopic (exact) mass is 325 g/mol. The van der Waals surface area contributed by atoms with Gasteiger partial charge >= 0.3 is 6.36 Å². The zero-order valence-electron chi connectivity index (χ0n) is 11.1. The second-order valence-electron chi connectivity index (χ2n) is 4.85. The highest BCUT2D eigenvalue weighted by Gasteiger charge is 2.47. The van der Waals surface area contributed by atoms with Gasteiger partial charge in [0.2, 0.25) is 10.0 Å². The summed E-state index contributed by atoms with van der Waals surface area (Å²) in [5.74, 6) is -0.781. The summed E-state index contributed by atoms with van der Waals surface area (Å²) in [4.78, 5) is -0.569. The van der Waals surface area contributed by atoms with Gasteiger partial charge in [-0.25, -0.2) is 8.42 Å². The Morgan fingerprint density at radius 2 is 1.90 bits per heavy atom. The number of hydrogen-bond acceptors (Lipinski definition) is 4. The van der Waals surface area contributed by atoms with Gasteiger partial charge < -0.3 is 9.84 Å². The molecule has 0 atom stereocenters. The number of para-hydroxylation sites is 1. The highest BCUT2D eigenvalue weighted by atomic mass is 32.2. The summed E-state index contributed by atoms with van der Waals surface area (Å²) in [6.45, 7) is 1.41. The van der Waals surface area contributed by atoms with Crippen molar-refractivity contribution in [3.63, 3.8) is 0 Å². The van der Waals surface area contributed by atoms with Crippen molar-refractivity contribution in [1.29, 1.82) is 0 Å². The molecule has 1 N–H and O–H groups in total. The third kappa shape index (κ3) is 3.30. The Kier molecular flexibility index (Phi) is 3.94. The molecule has 1 aliphatic heterocycles. The highest BCUT2D eigenvalue weighted by Crippen LogP contribution is 2.35. The molecule has 0 radical (unpaired) electrons. The van der Waals surface area contributed by atoms with Crippen LogP contribution in [0.1, 0.15) is 13.3 Å². The van der Waals surface area contributed by atoms with E-state index in [9.17, 15) is 26.7 Å². The van der Waals surface area contributed by atoms with Crippen molar-refractivity contribution in [2.45, 2.75) is 30.2 Å². The number of aliphatic hydroxyl groups is 1. The molecular weight excluding hydrogens is 311 g/mol. The van der Waals surface area contributed by atoms with Crippen molar-refractivity contribution in [3.05, 3.63) is 24.3 Å². The van der Waals surface area contributed by atoms with Crippen molar-refractivity contribution < 1.29 is 31.4 Å². The van der Waals surface area contributed by atoms with Crippen LogP contribution in [-0.2, 0) is 10.0 Å². The first-order chi connectivity index (χ1) is 9.57. The summed E-state index contributed by atoms with van der Waals surface area (Å²) in [6, 6.07) is 4.53. The van der Waals surface area contributed by atoms with E-state index in [0.29, 0.717) is 6.42 Å². The largest absolute Gasteiger partial charge is 0.573 e. The molecule has 0 bridgehead atoms. The maximum absolute atomic E-state index is 12.3. The molecule has 5 nitrogen and oxygen atoms in total. The van der Waals surface area contributed by atoms with Crippen LogP contribution in [0, 0.1) is 0 Å². The van der Waals surface area contributed by atoms with Gasteiger partial charge in [-0.05, 0) is 18.6 Å². The summed E-state index contributed by atoms with van der Waals surface area (Å²) < 4.78 is 66.2. The molecule has 1 aliphatic rings. The van der Waals surface area contributed by atoms with E-state index in [-0.39, 0.29) is 13.1 Å². The minimum Gasteiger partial charge on any atom is -0.404 e. The molecule has 1 heterocycles. The second kappa shape index (κ2) is 5.15. The molecule has 1 saturated heterocycles. The fourth-order valence-corrected chi connectivity index (χ4v) is 3.73. The number of halogens is 3. The van der Waals surface area contributed by atoms with Crippen LogP contribution in [0.4, 0.5) is 13.2 Å². The summed E-state index contributed by atoms with van der Waals surface area (Å²) in [5.41, 5.74) is -1.12. The van der Waals surface area contributed by atoms with Gasteiger partial charge in [-0.1, -0.05) is 19.1 Å². The van der Waals surface area contributed by atoms with E-state index >= 15 is 0 Å². The molecule has 0 aliphatic carbocycles. The van der Waals surface area contributed by atoms with E-state index in [1.807, 2.05) is 0 Å². The van der Waals surface area contributed by atoms with Crippen LogP contribution in [0.25, 0.3) is 0 Å². The third-order valence-electron chi connectivity index (χ3n) is 3.29. The van der Waals surface area contributed by atoms with Gasteiger partial charge in [0.05, 0.1) is 5.60 Å². The quantitative estimate of drug-likeness (QED) is 0.915. The van der Waals surface area contributed by atoms with E-state index < -0.39 is 32.6 Å². The van der Waals surface area contributed by atoms with E-state index in [4.69, 9.17) is 0 Å². The predicted octanol–water partition coefficient (Wildman–Crippen LogP) is 1.73. The fourth-order valence-electron chi connectivity index (χ4n) is 2.02. The molecule has 1 aromatic rings. The summed E-state index contributed by atoms with van der Waals surface area (Å²) in [6.07, 6.45) is -4.62. The number of hydrogen-bond donors (Lipinski definition) is 1. The van der Waals surface area contributed by atoms with Gasteiger partial charge in [0.25, 0.3) is 0 Å². The topological polar surface area (TPSA) is 66.8 Å². The third-order valence-corrected chi connectivity index (χ3v) is 5.12. The van der Waals surface area contributed by atoms with Gasteiger partial charge in [-0.2, -0.15) is 4.31 Å². The van der Waals surface area contributed by atoms with Gasteiger partial charge in [-0.15, -0.1) is 13.2 Å². The number of ether oxygens (including phenoxy) is 1. The lowest BCUT2D eigenvalue weighted by atomic mass is 9.94. The van der Waals surface area contributed by atoms with Crippen LogP contribution in [0.2, 0.25) is 0 Å². The Balaban J connectivity index is 2.30. The number of sulfonamides is 1. The number of rotatable bonds is 4. The summed E-state index contributed by atoms with van der Waals surface area (Å²) in [5, 5.41) is 9.84. The van der Waals surface area contributed by atoms with Crippen LogP contribution >= 0.6 is 0 Å². The SMILES string of the molecule is CCC1(O)CN(S(=O)(=O)c2ccccc2OC(F)(F)F)C1. The first-order valence-electron chi connectivity index (χ1n) is 6.15. The lowest BCUT2D eigenvalue weighted by Crippen LogP contribution is -2.62. The number of nitrogens with zero attached hydrogens (tertiary/aromatic N) is 1. The fraction of sp³-hybridized carbons (Fsp3) is 0.500. The maximum atomic E-state index is 12.3. The molecule has 21 heavy (non-hydrogen) atoms. The number of benzene rings is 1. The zero-order valence-corrected chi connectivity index (χ0v) is 11.9. The molecule has 1 fully saturated rings. The standard InChI is InChI=1S/C12H14F3NO4S/c1-2-11(17)7-16(8-11)21(18,19)10-6-4-3-5-9(10)20-12(13,14)15/h3-6,17H,2,7-8H2,1H3. The van der Waals surface area contributed by atoms with E-state index in [1.54, 1.807) is 6.92 Å². The van der Waals surface area contributed by atoms with Crippen molar-refractivity contribution in [3.8, 4) is 5.75 Å². The number of alkyl halides is 3. The maximum Gasteiger partial charge on any atom is 0.573 e. The van der Waals surface area contributed by atoms with Crippen molar-refractivity contribution in [2.75, 3.05) is 13.1 Å². The van der Waals surface area contributed by atoms with E-state index in [0.717, 1.165) is 16.4 Å². The van der Waals surface area contributed by atoms with Crippen LogP contribution in [0.15, 0.2) is 29.2 Å². The first-order valence-corrected chi connectivity index (χ1v) is 7.59. The summed E-state index contributed by atoms with van der Waals surface area (Å²) in [7, 11) is -4.14. The second-order valence-corrected chi connectivity index (χ2v) is 6.75. The molecule has 118 valence electrons. The smallest absolute Gasteiger partial charge is 0.404 e. The van der Waals surface area contributed by atoms with Crippen LogP contribution in [-0.4, -0.2) is 42.9 Å². The molecule has 0 aromatic heterocycles. The van der Waals surface area contributed by atoms with Crippen LogP contribution in [0.3, 0.4) is 0 Å². The highest BCUT2D eigenvalue weighted by molar-refractivity contribution is 7.89. The van der Waals surface area contributed by atoms with Crippen molar-refractivity contribution >= 4 is 10.0 Å². The molecule has 0 unspecified atom stereocenters. The normalized spacial score (nSPS) is 19.1. The van der Waals surface area contributed by atoms with Gasteiger partial charge in [0.15, 0.2) is 0 Å². The van der Waals surface area contributed by atoms with Crippen LogP contribution in [0.5, 0.6) is 5.75 Å². The minimum atomic E-state index is -4.98.